The van der Waals surface area contributed by atoms with E-state index < -0.39 is 0 Å². The van der Waals surface area contributed by atoms with E-state index in [1.807, 2.05) is 24.3 Å². The highest BCUT2D eigenvalue weighted by Gasteiger charge is 2.20. The molecule has 4 rings (SSSR count). The number of fused-ring (bicyclic) bond motifs is 2. The Kier molecular flexibility index (Phi) is 5.43. The average Bonchev–Trinajstić information content (AvgIpc) is 2.89. The third kappa shape index (κ3) is 4.16. The van der Waals surface area contributed by atoms with Gasteiger partial charge in [-0.25, -0.2) is 4.98 Å². The van der Waals surface area contributed by atoms with Gasteiger partial charge in [-0.1, -0.05) is 25.1 Å². The van der Waals surface area contributed by atoms with Gasteiger partial charge in [0.2, 0.25) is 5.95 Å². The molecule has 1 aromatic carbocycles. The Labute approximate surface area is 160 Å². The molecule has 1 fully saturated rings. The molecule has 0 spiro atoms. The Bertz CT molecular complexity index is 840. The maximum atomic E-state index is 12.6. The fourth-order valence-corrected chi connectivity index (χ4v) is 4.04. The number of hydrogen-bond donors (Lipinski definition) is 2. The number of ether oxygens (including phenoxy) is 1. The second-order valence-corrected chi connectivity index (χ2v) is 7.51. The molecule has 0 amide bonds. The van der Waals surface area contributed by atoms with Crippen molar-refractivity contribution in [3.05, 3.63) is 51.4 Å². The summed E-state index contributed by atoms with van der Waals surface area (Å²) >= 11 is 0. The van der Waals surface area contributed by atoms with E-state index >= 15 is 0 Å². The number of hydrogen-bond acceptors (Lipinski definition) is 5. The van der Waals surface area contributed by atoms with Crippen LogP contribution >= 0.6 is 0 Å². The van der Waals surface area contributed by atoms with E-state index in [4.69, 9.17) is 4.74 Å². The number of para-hydroxylation sites is 1. The summed E-state index contributed by atoms with van der Waals surface area (Å²) in [6.07, 6.45) is 4.19. The molecule has 1 aromatic heterocycles. The molecule has 3 heterocycles. The van der Waals surface area contributed by atoms with E-state index in [-0.39, 0.29) is 5.56 Å². The topological polar surface area (TPSA) is 70.2 Å². The average molecular weight is 368 g/mol. The van der Waals surface area contributed by atoms with E-state index in [9.17, 15) is 4.79 Å². The van der Waals surface area contributed by atoms with Gasteiger partial charge in [-0.3, -0.25) is 9.78 Å². The molecule has 2 aromatic rings. The second-order valence-electron chi connectivity index (χ2n) is 7.51. The van der Waals surface area contributed by atoms with Crippen LogP contribution in [0.25, 0.3) is 0 Å². The van der Waals surface area contributed by atoms with E-state index in [2.05, 4.69) is 27.1 Å². The van der Waals surface area contributed by atoms with Gasteiger partial charge in [-0.2, -0.15) is 0 Å². The van der Waals surface area contributed by atoms with E-state index in [1.54, 1.807) is 0 Å². The Balaban J connectivity index is 1.38. The van der Waals surface area contributed by atoms with Gasteiger partial charge in [0.25, 0.3) is 5.56 Å². The van der Waals surface area contributed by atoms with Gasteiger partial charge in [0.1, 0.15) is 12.4 Å². The molecular formula is C21H28N4O2. The molecule has 6 heteroatoms. The molecule has 0 atom stereocenters. The summed E-state index contributed by atoms with van der Waals surface area (Å²) in [7, 11) is 0. The Morgan fingerprint density at radius 2 is 2.11 bits per heavy atom. The number of nitrogens with one attached hydrogen (secondary N) is 2. The number of benzene rings is 1. The fourth-order valence-electron chi connectivity index (χ4n) is 4.04. The van der Waals surface area contributed by atoms with Gasteiger partial charge in [0.15, 0.2) is 0 Å². The van der Waals surface area contributed by atoms with E-state index in [0.717, 1.165) is 42.4 Å². The molecule has 6 nitrogen and oxygen atoms in total. The quantitative estimate of drug-likeness (QED) is 0.849. The first-order valence-electron chi connectivity index (χ1n) is 10.0. The molecule has 1 saturated heterocycles. The summed E-state index contributed by atoms with van der Waals surface area (Å²) in [5, 5.41) is 3.31. The Morgan fingerprint density at radius 3 is 2.93 bits per heavy atom. The molecule has 27 heavy (non-hydrogen) atoms. The van der Waals surface area contributed by atoms with Gasteiger partial charge in [0, 0.05) is 18.5 Å². The number of piperidine rings is 1. The highest BCUT2D eigenvalue weighted by atomic mass is 16.5. The van der Waals surface area contributed by atoms with Crippen molar-refractivity contribution < 1.29 is 4.74 Å². The minimum Gasteiger partial charge on any atom is -0.487 e. The number of nitrogens with zero attached hydrogens (tertiary/aromatic N) is 2. The van der Waals surface area contributed by atoms with Crippen LogP contribution in [-0.4, -0.2) is 41.0 Å². The smallest absolute Gasteiger partial charge is 0.256 e. The lowest BCUT2D eigenvalue weighted by molar-refractivity contribution is 0.189. The molecule has 2 N–H and O–H groups in total. The van der Waals surface area contributed by atoms with Crippen LogP contribution in [0, 0.1) is 5.92 Å². The largest absolute Gasteiger partial charge is 0.487 e. The summed E-state index contributed by atoms with van der Waals surface area (Å²) in [4.78, 5) is 22.6. The van der Waals surface area contributed by atoms with Gasteiger partial charge in [-0.15, -0.1) is 0 Å². The maximum absolute atomic E-state index is 12.6. The number of anilines is 1. The molecule has 0 radical (unpaired) electrons. The van der Waals surface area contributed by atoms with Crippen molar-refractivity contribution in [2.75, 3.05) is 31.5 Å². The highest BCUT2D eigenvalue weighted by Crippen LogP contribution is 2.26. The normalized spacial score (nSPS) is 17.5. The molecule has 0 aliphatic carbocycles. The summed E-state index contributed by atoms with van der Waals surface area (Å²) in [6, 6.07) is 7.86. The van der Waals surface area contributed by atoms with Crippen LogP contribution in [0.1, 0.15) is 43.0 Å². The number of rotatable bonds is 5. The monoisotopic (exact) mass is 368 g/mol. The first-order valence-corrected chi connectivity index (χ1v) is 10.0. The minimum atomic E-state index is -0.0703. The fraction of sp³-hybridized carbons (Fsp3) is 0.524. The van der Waals surface area contributed by atoms with E-state index in [0.29, 0.717) is 24.5 Å². The van der Waals surface area contributed by atoms with Crippen molar-refractivity contribution in [1.29, 1.82) is 0 Å². The van der Waals surface area contributed by atoms with Gasteiger partial charge in [0.05, 0.1) is 5.69 Å². The van der Waals surface area contributed by atoms with Crippen LogP contribution in [0.2, 0.25) is 0 Å². The molecule has 0 saturated carbocycles. The van der Waals surface area contributed by atoms with E-state index in [1.165, 1.54) is 25.9 Å². The maximum Gasteiger partial charge on any atom is 0.256 e. The van der Waals surface area contributed by atoms with Gasteiger partial charge < -0.3 is 15.0 Å². The zero-order valence-corrected chi connectivity index (χ0v) is 16.0. The molecular weight excluding hydrogens is 340 g/mol. The molecule has 0 bridgehead atoms. The summed E-state index contributed by atoms with van der Waals surface area (Å²) in [5.74, 6) is 2.15. The Hall–Kier alpha value is -2.34. The van der Waals surface area contributed by atoms with Gasteiger partial charge >= 0.3 is 0 Å². The van der Waals surface area contributed by atoms with Crippen molar-refractivity contribution in [2.45, 2.75) is 39.2 Å². The summed E-state index contributed by atoms with van der Waals surface area (Å²) in [5.41, 5.74) is 2.40. The minimum absolute atomic E-state index is 0.0703. The first kappa shape index (κ1) is 18.0. The van der Waals surface area contributed by atoms with Crippen LogP contribution in [0.15, 0.2) is 29.1 Å². The standard InChI is InChI=1S/C21H28N4O2/c1-2-25-11-8-15(9-12-25)7-10-22-21-23-18-14-27-19-6-4-3-5-16(19)13-17(18)20(26)24-21/h3-6,15H,2,7-14H2,1H3,(H2,22,23,24,26). The lowest BCUT2D eigenvalue weighted by atomic mass is 9.93. The predicted octanol–water partition coefficient (Wildman–Crippen LogP) is 2.79. The number of aromatic amines is 1. The lowest BCUT2D eigenvalue weighted by Crippen LogP contribution is -2.34. The van der Waals surface area contributed by atoms with Crippen LogP contribution in [-0.2, 0) is 13.0 Å². The van der Waals surface area contributed by atoms with Crippen LogP contribution in [0.3, 0.4) is 0 Å². The van der Waals surface area contributed by atoms with Crippen LogP contribution in [0.4, 0.5) is 5.95 Å². The Morgan fingerprint density at radius 1 is 1.30 bits per heavy atom. The second kappa shape index (κ2) is 8.13. The predicted molar refractivity (Wildman–Crippen MR) is 106 cm³/mol. The number of likely N-dealkylation sites (tertiary alicyclic amines) is 1. The zero-order valence-electron chi connectivity index (χ0n) is 16.0. The van der Waals surface area contributed by atoms with Crippen molar-refractivity contribution in [2.24, 2.45) is 5.92 Å². The van der Waals surface area contributed by atoms with Crippen LogP contribution < -0.4 is 15.6 Å². The molecule has 2 aliphatic heterocycles. The van der Waals surface area contributed by atoms with Gasteiger partial charge in [-0.05, 0) is 56.4 Å². The third-order valence-electron chi connectivity index (χ3n) is 5.80. The number of H-pyrrole nitrogens is 1. The molecule has 0 unspecified atom stereocenters. The lowest BCUT2D eigenvalue weighted by Gasteiger charge is -2.31. The number of aromatic nitrogens is 2. The summed E-state index contributed by atoms with van der Waals surface area (Å²) in [6.45, 7) is 6.95. The molecule has 144 valence electrons. The first-order chi connectivity index (χ1) is 13.2. The van der Waals surface area contributed by atoms with Crippen molar-refractivity contribution in [1.82, 2.24) is 14.9 Å². The zero-order chi connectivity index (χ0) is 18.6. The van der Waals surface area contributed by atoms with Crippen molar-refractivity contribution in [3.8, 4) is 5.75 Å². The van der Waals surface area contributed by atoms with Crippen LogP contribution in [0.5, 0.6) is 5.75 Å². The highest BCUT2D eigenvalue weighted by molar-refractivity contribution is 5.41. The van der Waals surface area contributed by atoms with Crippen molar-refractivity contribution >= 4 is 5.95 Å². The third-order valence-corrected chi connectivity index (χ3v) is 5.80. The summed E-state index contributed by atoms with van der Waals surface area (Å²) < 4.78 is 5.86. The van der Waals surface area contributed by atoms with Crippen molar-refractivity contribution in [3.63, 3.8) is 0 Å². The SMILES string of the molecule is CCN1CCC(CCNc2nc3c(c(=O)[nH]2)Cc2ccccc2OC3)CC1. The molecule has 2 aliphatic rings.